The third-order valence-corrected chi connectivity index (χ3v) is 3.86. The number of nitrogens with one attached hydrogen (secondary N) is 2. The van der Waals surface area contributed by atoms with Crippen LogP contribution in [-0.4, -0.2) is 14.3 Å². The normalized spacial score (nSPS) is 11.2. The second kappa shape index (κ2) is 6.98. The zero-order valence-electron chi connectivity index (χ0n) is 13.3. The summed E-state index contributed by atoms with van der Waals surface area (Å²) in [5.74, 6) is -0.425. The number of hydrogen-bond donors (Lipinski definition) is 3. The van der Waals surface area contributed by atoms with Crippen molar-refractivity contribution in [1.29, 1.82) is 0 Å². The fourth-order valence-electron chi connectivity index (χ4n) is 2.25. The lowest BCUT2D eigenvalue weighted by Gasteiger charge is -2.07. The van der Waals surface area contributed by atoms with E-state index in [1.165, 1.54) is 42.5 Å². The van der Waals surface area contributed by atoms with Gasteiger partial charge in [0.2, 0.25) is 0 Å². The Morgan fingerprint density at radius 2 is 1.69 bits per heavy atom. The molecule has 0 radical (unpaired) electrons. The highest BCUT2D eigenvalue weighted by Crippen LogP contribution is 2.23. The molecule has 0 atom stereocenters. The van der Waals surface area contributed by atoms with E-state index in [1.54, 1.807) is 18.2 Å². The number of nitrogens with two attached hydrogens (primary N) is 1. The van der Waals surface area contributed by atoms with E-state index in [9.17, 15) is 17.6 Å². The number of hydrogen-bond acceptors (Lipinski definition) is 4. The van der Waals surface area contributed by atoms with Crippen molar-refractivity contribution in [3.8, 4) is 11.3 Å². The van der Waals surface area contributed by atoms with Gasteiger partial charge in [0.05, 0.1) is 5.69 Å². The van der Waals surface area contributed by atoms with E-state index in [0.717, 1.165) is 0 Å². The van der Waals surface area contributed by atoms with Crippen molar-refractivity contribution in [2.24, 2.45) is 5.14 Å². The van der Waals surface area contributed by atoms with Crippen molar-refractivity contribution in [3.05, 3.63) is 72.2 Å². The smallest absolute Gasteiger partial charge is 0.296 e. The van der Waals surface area contributed by atoms with E-state index in [4.69, 9.17) is 9.56 Å². The number of carbonyl (C=O) groups is 1. The monoisotopic (exact) mass is 375 g/mol. The van der Waals surface area contributed by atoms with Crippen molar-refractivity contribution in [2.75, 3.05) is 10.0 Å². The lowest BCUT2D eigenvalue weighted by atomic mass is 10.2. The zero-order valence-corrected chi connectivity index (χ0v) is 14.1. The van der Waals surface area contributed by atoms with Crippen molar-refractivity contribution >= 4 is 27.5 Å². The van der Waals surface area contributed by atoms with Crippen LogP contribution in [0.2, 0.25) is 0 Å². The number of anilines is 2. The lowest BCUT2D eigenvalue weighted by Crippen LogP contribution is -2.21. The molecule has 4 N–H and O–H groups in total. The van der Waals surface area contributed by atoms with Gasteiger partial charge in [-0.05, 0) is 54.6 Å². The van der Waals surface area contributed by atoms with Crippen molar-refractivity contribution in [1.82, 2.24) is 0 Å². The van der Waals surface area contributed by atoms with Crippen LogP contribution in [0.3, 0.4) is 0 Å². The molecule has 7 nitrogen and oxygen atoms in total. The molecule has 0 aliphatic heterocycles. The van der Waals surface area contributed by atoms with E-state index in [1.807, 2.05) is 0 Å². The maximum Gasteiger partial charge on any atom is 0.296 e. The van der Waals surface area contributed by atoms with Gasteiger partial charge < -0.3 is 9.73 Å². The van der Waals surface area contributed by atoms with Gasteiger partial charge in [-0.1, -0.05) is 6.07 Å². The van der Waals surface area contributed by atoms with Crippen LogP contribution in [0.1, 0.15) is 10.6 Å². The minimum absolute atomic E-state index is 0.0501. The van der Waals surface area contributed by atoms with Gasteiger partial charge in [0.25, 0.3) is 16.1 Å². The minimum atomic E-state index is -3.91. The van der Waals surface area contributed by atoms with Crippen LogP contribution < -0.4 is 15.2 Å². The first-order valence-electron chi connectivity index (χ1n) is 7.38. The molecule has 0 fully saturated rings. The Morgan fingerprint density at radius 1 is 1.00 bits per heavy atom. The standard InChI is InChI=1S/C17H14FN3O4S/c18-12-6-4-11(5-7-12)15-8-9-16(25-15)17(22)20-13-2-1-3-14(10-13)21-26(19,23)24/h1-10,21H,(H,20,22)(H2,19,23,24). The van der Waals surface area contributed by atoms with Crippen LogP contribution in [0.15, 0.2) is 65.1 Å². The van der Waals surface area contributed by atoms with Crippen LogP contribution in [0.25, 0.3) is 11.3 Å². The maximum atomic E-state index is 13.0. The highest BCUT2D eigenvalue weighted by atomic mass is 32.2. The molecular weight excluding hydrogens is 361 g/mol. The van der Waals surface area contributed by atoms with Gasteiger partial charge in [-0.2, -0.15) is 8.42 Å². The lowest BCUT2D eigenvalue weighted by molar-refractivity contribution is 0.0997. The van der Waals surface area contributed by atoms with E-state index in [-0.39, 0.29) is 17.3 Å². The summed E-state index contributed by atoms with van der Waals surface area (Å²) in [4.78, 5) is 12.3. The average molecular weight is 375 g/mol. The van der Waals surface area contributed by atoms with Crippen LogP contribution in [0, 0.1) is 5.82 Å². The van der Waals surface area contributed by atoms with Crippen molar-refractivity contribution in [3.63, 3.8) is 0 Å². The van der Waals surface area contributed by atoms with E-state index < -0.39 is 16.1 Å². The van der Waals surface area contributed by atoms with Gasteiger partial charge in [-0.25, -0.2) is 9.53 Å². The van der Waals surface area contributed by atoms with Crippen LogP contribution in [0.4, 0.5) is 15.8 Å². The molecule has 0 spiro atoms. The van der Waals surface area contributed by atoms with E-state index in [2.05, 4.69) is 10.0 Å². The highest BCUT2D eigenvalue weighted by Gasteiger charge is 2.13. The summed E-state index contributed by atoms with van der Waals surface area (Å²) >= 11 is 0. The predicted octanol–water partition coefficient (Wildman–Crippen LogP) is 2.95. The molecule has 1 aromatic heterocycles. The zero-order chi connectivity index (χ0) is 18.7. The SMILES string of the molecule is NS(=O)(=O)Nc1cccc(NC(=O)c2ccc(-c3ccc(F)cc3)o2)c1. The summed E-state index contributed by atoms with van der Waals surface area (Å²) in [6, 6.07) is 14.8. The van der Waals surface area contributed by atoms with Crippen molar-refractivity contribution in [2.45, 2.75) is 0 Å². The van der Waals surface area contributed by atoms with Gasteiger partial charge in [0, 0.05) is 11.3 Å². The number of amides is 1. The van der Waals surface area contributed by atoms with Crippen LogP contribution in [0.5, 0.6) is 0 Å². The summed E-state index contributed by atoms with van der Waals surface area (Å²) in [5, 5.41) is 7.50. The summed E-state index contributed by atoms with van der Waals surface area (Å²) in [7, 11) is -3.91. The molecule has 1 amide bonds. The summed E-state index contributed by atoms with van der Waals surface area (Å²) in [6.45, 7) is 0. The largest absolute Gasteiger partial charge is 0.451 e. The Kier molecular flexibility index (Phi) is 4.74. The van der Waals surface area contributed by atoms with Gasteiger partial charge in [0.15, 0.2) is 5.76 Å². The predicted molar refractivity (Wildman–Crippen MR) is 95.2 cm³/mol. The molecule has 9 heteroatoms. The van der Waals surface area contributed by atoms with Crippen LogP contribution in [-0.2, 0) is 10.2 Å². The third kappa shape index (κ3) is 4.47. The quantitative estimate of drug-likeness (QED) is 0.636. The summed E-state index contributed by atoms with van der Waals surface area (Å²) in [5.41, 5.74) is 1.19. The minimum Gasteiger partial charge on any atom is -0.451 e. The molecule has 2 aromatic carbocycles. The third-order valence-electron chi connectivity index (χ3n) is 3.34. The first-order chi connectivity index (χ1) is 12.3. The van der Waals surface area contributed by atoms with E-state index >= 15 is 0 Å². The number of furan rings is 1. The van der Waals surface area contributed by atoms with E-state index in [0.29, 0.717) is 17.0 Å². The Hall–Kier alpha value is -3.17. The molecule has 3 rings (SSSR count). The first-order valence-corrected chi connectivity index (χ1v) is 8.92. The van der Waals surface area contributed by atoms with Gasteiger partial charge in [-0.3, -0.25) is 9.52 Å². The fraction of sp³-hybridized carbons (Fsp3) is 0. The number of benzene rings is 2. The maximum absolute atomic E-state index is 13.0. The Labute approximate surface area is 148 Å². The summed E-state index contributed by atoms with van der Waals surface area (Å²) in [6.07, 6.45) is 0. The highest BCUT2D eigenvalue weighted by molar-refractivity contribution is 7.90. The molecule has 3 aromatic rings. The van der Waals surface area contributed by atoms with Gasteiger partial charge in [-0.15, -0.1) is 0 Å². The Balaban J connectivity index is 1.75. The molecular formula is C17H14FN3O4S. The molecule has 0 bridgehead atoms. The number of halogens is 1. The average Bonchev–Trinajstić information content (AvgIpc) is 3.04. The second-order valence-electron chi connectivity index (χ2n) is 5.35. The molecule has 1 heterocycles. The molecule has 134 valence electrons. The molecule has 0 unspecified atom stereocenters. The summed E-state index contributed by atoms with van der Waals surface area (Å²) < 4.78 is 42.7. The molecule has 0 saturated heterocycles. The number of carbonyl (C=O) groups excluding carboxylic acids is 1. The Bertz CT molecular complexity index is 1050. The van der Waals surface area contributed by atoms with Crippen molar-refractivity contribution < 1.29 is 22.0 Å². The first kappa shape index (κ1) is 17.6. The number of rotatable bonds is 5. The molecule has 26 heavy (non-hydrogen) atoms. The Morgan fingerprint density at radius 3 is 2.38 bits per heavy atom. The molecule has 0 aliphatic rings. The van der Waals surface area contributed by atoms with Crippen LogP contribution >= 0.6 is 0 Å². The van der Waals surface area contributed by atoms with Gasteiger partial charge in [0.1, 0.15) is 11.6 Å². The topological polar surface area (TPSA) is 114 Å². The fourth-order valence-corrected chi connectivity index (χ4v) is 2.70. The molecule has 0 aliphatic carbocycles. The molecule has 0 saturated carbocycles. The van der Waals surface area contributed by atoms with Gasteiger partial charge >= 0.3 is 0 Å². The second-order valence-corrected chi connectivity index (χ2v) is 6.65.